The van der Waals surface area contributed by atoms with Gasteiger partial charge in [0.1, 0.15) is 5.82 Å². The van der Waals surface area contributed by atoms with Crippen LogP contribution in [0.5, 0.6) is 0 Å². The van der Waals surface area contributed by atoms with Crippen molar-refractivity contribution in [3.05, 3.63) is 29.6 Å². The lowest BCUT2D eigenvalue weighted by molar-refractivity contribution is -0.127. The molecule has 1 atom stereocenters. The van der Waals surface area contributed by atoms with E-state index >= 15 is 0 Å². The van der Waals surface area contributed by atoms with E-state index in [9.17, 15) is 4.79 Å². The van der Waals surface area contributed by atoms with Crippen molar-refractivity contribution in [3.63, 3.8) is 0 Å². The zero-order chi connectivity index (χ0) is 17.9. The number of amides is 1. The van der Waals surface area contributed by atoms with Crippen LogP contribution in [0.3, 0.4) is 0 Å². The van der Waals surface area contributed by atoms with Gasteiger partial charge in [-0.25, -0.2) is 4.98 Å². The molecule has 3 heterocycles. The van der Waals surface area contributed by atoms with Crippen molar-refractivity contribution < 1.29 is 9.53 Å². The Labute approximate surface area is 154 Å². The molecule has 1 aromatic carbocycles. The molecule has 4 rings (SSSR count). The molecule has 0 radical (unpaired) electrons. The van der Waals surface area contributed by atoms with Gasteiger partial charge in [-0.05, 0) is 63.4 Å². The number of carbonyl (C=O) groups excluding carboxylic acids is 1. The number of aryl methyl sites for hydroxylation is 1. The third-order valence-electron chi connectivity index (χ3n) is 5.55. The van der Waals surface area contributed by atoms with E-state index in [0.29, 0.717) is 6.54 Å². The first kappa shape index (κ1) is 17.5. The van der Waals surface area contributed by atoms with Crippen LogP contribution in [0.15, 0.2) is 18.2 Å². The van der Waals surface area contributed by atoms with Crippen LogP contribution in [-0.4, -0.2) is 53.1 Å². The van der Waals surface area contributed by atoms with Crippen molar-refractivity contribution in [1.82, 2.24) is 20.2 Å². The molecule has 1 aromatic heterocycles. The molecule has 2 saturated heterocycles. The maximum absolute atomic E-state index is 12.4. The van der Waals surface area contributed by atoms with Crippen molar-refractivity contribution >= 4 is 16.9 Å². The van der Waals surface area contributed by atoms with E-state index in [1.165, 1.54) is 5.56 Å². The van der Waals surface area contributed by atoms with Crippen LogP contribution >= 0.6 is 0 Å². The van der Waals surface area contributed by atoms with Crippen molar-refractivity contribution in [1.29, 1.82) is 0 Å². The molecule has 2 aromatic rings. The Bertz CT molecular complexity index is 758. The number of carbonyl (C=O) groups is 1. The molecule has 1 amide bonds. The highest BCUT2D eigenvalue weighted by atomic mass is 16.5. The molecule has 6 nitrogen and oxygen atoms in total. The highest BCUT2D eigenvalue weighted by Crippen LogP contribution is 2.20. The number of hydrogen-bond donors (Lipinski definition) is 2. The van der Waals surface area contributed by atoms with E-state index in [1.807, 2.05) is 0 Å². The fourth-order valence-electron chi connectivity index (χ4n) is 3.98. The number of nitrogens with zero attached hydrogens (tertiary/aromatic N) is 2. The van der Waals surface area contributed by atoms with Crippen LogP contribution in [-0.2, 0) is 16.1 Å². The topological polar surface area (TPSA) is 70.2 Å². The lowest BCUT2D eigenvalue weighted by Crippen LogP contribution is -2.42. The van der Waals surface area contributed by atoms with Gasteiger partial charge in [0.15, 0.2) is 0 Å². The van der Waals surface area contributed by atoms with Crippen molar-refractivity contribution in [2.75, 3.05) is 26.2 Å². The standard InChI is InChI=1S/C20H28N4O2/c1-14-4-5-17-18(11-14)23-19(22-17)13-24-8-6-15(7-9-24)20(25)21-12-16-3-2-10-26-16/h4-5,11,15-16H,2-3,6-10,12-13H2,1H3,(H,21,25)(H,22,23). The molecule has 26 heavy (non-hydrogen) atoms. The lowest BCUT2D eigenvalue weighted by Gasteiger charge is -2.30. The summed E-state index contributed by atoms with van der Waals surface area (Å²) < 4.78 is 5.57. The Morgan fingerprint density at radius 2 is 2.19 bits per heavy atom. The minimum Gasteiger partial charge on any atom is -0.376 e. The smallest absolute Gasteiger partial charge is 0.223 e. The quantitative estimate of drug-likeness (QED) is 0.863. The number of piperidine rings is 1. The highest BCUT2D eigenvalue weighted by Gasteiger charge is 2.26. The monoisotopic (exact) mass is 356 g/mol. The largest absolute Gasteiger partial charge is 0.376 e. The van der Waals surface area contributed by atoms with Crippen LogP contribution in [0.25, 0.3) is 11.0 Å². The van der Waals surface area contributed by atoms with E-state index in [0.717, 1.165) is 68.8 Å². The minimum atomic E-state index is 0.131. The summed E-state index contributed by atoms with van der Waals surface area (Å²) in [5, 5.41) is 3.08. The number of likely N-dealkylation sites (tertiary alicyclic amines) is 1. The highest BCUT2D eigenvalue weighted by molar-refractivity contribution is 5.78. The van der Waals surface area contributed by atoms with Gasteiger partial charge in [-0.2, -0.15) is 0 Å². The molecule has 2 N–H and O–H groups in total. The van der Waals surface area contributed by atoms with Gasteiger partial charge < -0.3 is 15.0 Å². The van der Waals surface area contributed by atoms with Crippen LogP contribution in [0.1, 0.15) is 37.1 Å². The van der Waals surface area contributed by atoms with E-state index in [-0.39, 0.29) is 17.9 Å². The molecule has 0 spiro atoms. The van der Waals surface area contributed by atoms with Gasteiger partial charge in [-0.1, -0.05) is 6.07 Å². The first-order chi connectivity index (χ1) is 12.7. The Morgan fingerprint density at radius 1 is 1.35 bits per heavy atom. The number of rotatable bonds is 5. The normalized spacial score (nSPS) is 22.1. The number of imidazole rings is 1. The number of hydrogen-bond acceptors (Lipinski definition) is 4. The zero-order valence-electron chi connectivity index (χ0n) is 15.5. The third-order valence-corrected chi connectivity index (χ3v) is 5.55. The summed E-state index contributed by atoms with van der Waals surface area (Å²) in [6, 6.07) is 6.29. The Balaban J connectivity index is 1.25. The zero-order valence-corrected chi connectivity index (χ0v) is 15.5. The number of aromatic nitrogens is 2. The van der Waals surface area contributed by atoms with Crippen molar-refractivity contribution in [2.45, 2.75) is 45.3 Å². The van der Waals surface area contributed by atoms with Crippen LogP contribution in [0.2, 0.25) is 0 Å². The van der Waals surface area contributed by atoms with Crippen LogP contribution < -0.4 is 5.32 Å². The molecular formula is C20H28N4O2. The summed E-state index contributed by atoms with van der Waals surface area (Å²) >= 11 is 0. The number of H-pyrrole nitrogens is 1. The molecule has 1 unspecified atom stereocenters. The molecule has 0 aliphatic carbocycles. The number of nitrogens with one attached hydrogen (secondary N) is 2. The fraction of sp³-hybridized carbons (Fsp3) is 0.600. The summed E-state index contributed by atoms with van der Waals surface area (Å²) in [7, 11) is 0. The second-order valence-corrected chi connectivity index (χ2v) is 7.63. The maximum Gasteiger partial charge on any atom is 0.223 e. The summed E-state index contributed by atoms with van der Waals surface area (Å²) in [4.78, 5) is 22.9. The van der Waals surface area contributed by atoms with E-state index in [4.69, 9.17) is 4.74 Å². The first-order valence-corrected chi connectivity index (χ1v) is 9.74. The predicted octanol–water partition coefficient (Wildman–Crippen LogP) is 2.38. The molecule has 2 aliphatic heterocycles. The molecule has 140 valence electrons. The molecular weight excluding hydrogens is 328 g/mol. The molecule has 6 heteroatoms. The average molecular weight is 356 g/mol. The predicted molar refractivity (Wildman–Crippen MR) is 101 cm³/mol. The van der Waals surface area contributed by atoms with E-state index in [2.05, 4.69) is 45.3 Å². The van der Waals surface area contributed by atoms with Crippen molar-refractivity contribution in [3.8, 4) is 0 Å². The third kappa shape index (κ3) is 4.07. The van der Waals surface area contributed by atoms with Gasteiger partial charge in [0.25, 0.3) is 0 Å². The number of ether oxygens (including phenoxy) is 1. The van der Waals surface area contributed by atoms with Gasteiger partial charge in [-0.15, -0.1) is 0 Å². The van der Waals surface area contributed by atoms with Crippen LogP contribution in [0, 0.1) is 12.8 Å². The van der Waals surface area contributed by atoms with Gasteiger partial charge in [-0.3, -0.25) is 9.69 Å². The second-order valence-electron chi connectivity index (χ2n) is 7.63. The molecule has 0 saturated carbocycles. The van der Waals surface area contributed by atoms with Gasteiger partial charge in [0.05, 0.1) is 23.7 Å². The van der Waals surface area contributed by atoms with Gasteiger partial charge in [0.2, 0.25) is 5.91 Å². The molecule has 2 aliphatic rings. The number of benzene rings is 1. The van der Waals surface area contributed by atoms with Gasteiger partial charge >= 0.3 is 0 Å². The number of aromatic amines is 1. The second kappa shape index (κ2) is 7.76. The van der Waals surface area contributed by atoms with Gasteiger partial charge in [0, 0.05) is 19.1 Å². The van der Waals surface area contributed by atoms with E-state index in [1.54, 1.807) is 0 Å². The first-order valence-electron chi connectivity index (χ1n) is 9.74. The molecule has 2 fully saturated rings. The van der Waals surface area contributed by atoms with E-state index < -0.39 is 0 Å². The fourth-order valence-corrected chi connectivity index (χ4v) is 3.98. The SMILES string of the molecule is Cc1ccc2nc(CN3CCC(C(=O)NCC4CCCO4)CC3)[nH]c2c1. The molecule has 0 bridgehead atoms. The Morgan fingerprint density at radius 3 is 2.96 bits per heavy atom. The lowest BCUT2D eigenvalue weighted by atomic mass is 9.96. The Hall–Kier alpha value is -1.92. The summed E-state index contributed by atoms with van der Waals surface area (Å²) in [6.07, 6.45) is 4.22. The van der Waals surface area contributed by atoms with Crippen molar-refractivity contribution in [2.24, 2.45) is 5.92 Å². The Kier molecular flexibility index (Phi) is 5.22. The summed E-state index contributed by atoms with van der Waals surface area (Å²) in [5.41, 5.74) is 3.36. The average Bonchev–Trinajstić information content (AvgIpc) is 3.29. The minimum absolute atomic E-state index is 0.131. The maximum atomic E-state index is 12.4. The number of fused-ring (bicyclic) bond motifs is 1. The summed E-state index contributed by atoms with van der Waals surface area (Å²) in [6.45, 7) is 6.28. The summed E-state index contributed by atoms with van der Waals surface area (Å²) in [5.74, 6) is 1.33. The van der Waals surface area contributed by atoms with Crippen LogP contribution in [0.4, 0.5) is 0 Å².